The quantitative estimate of drug-likeness (QED) is 0.298. The van der Waals surface area contributed by atoms with Crippen LogP contribution in [-0.4, -0.2) is 36.6 Å². The van der Waals surface area contributed by atoms with Gasteiger partial charge >= 0.3 is 14.2 Å². The molecule has 0 aromatic heterocycles. The summed E-state index contributed by atoms with van der Waals surface area (Å²) in [4.78, 5) is 0. The van der Waals surface area contributed by atoms with E-state index in [1.54, 1.807) is 0 Å². The van der Waals surface area contributed by atoms with Gasteiger partial charge < -0.3 is 18.6 Å². The first-order valence-electron chi connectivity index (χ1n) is 12.7. The highest BCUT2D eigenvalue weighted by Crippen LogP contribution is 2.55. The molecule has 6 heteroatoms. The SMILES string of the molecule is C=CC(C)(B1OC(C)(C)C(C)(CCC2(C)OB(CC(=C)C)OC2(C)C)O1)C1CCCCC1. The molecule has 1 saturated carbocycles. The van der Waals surface area contributed by atoms with E-state index in [-0.39, 0.29) is 25.2 Å². The van der Waals surface area contributed by atoms with Crippen LogP contribution in [0.2, 0.25) is 11.6 Å². The molecular formula is C26H46B2O4. The lowest BCUT2D eigenvalue weighted by molar-refractivity contribution is -0.0577. The summed E-state index contributed by atoms with van der Waals surface area (Å²) < 4.78 is 26.2. The molecule has 2 heterocycles. The molecule has 0 aromatic rings. The van der Waals surface area contributed by atoms with Gasteiger partial charge in [0.15, 0.2) is 0 Å². The Kier molecular flexibility index (Phi) is 7.25. The fraction of sp³-hybridized carbons (Fsp3) is 0.846. The fourth-order valence-electron chi connectivity index (χ4n) is 5.70. The van der Waals surface area contributed by atoms with Gasteiger partial charge in [0.2, 0.25) is 0 Å². The summed E-state index contributed by atoms with van der Waals surface area (Å²) in [5, 5.41) is -0.182. The molecule has 3 aliphatic rings. The van der Waals surface area contributed by atoms with Crippen molar-refractivity contribution in [2.24, 2.45) is 5.92 Å². The molecule has 3 atom stereocenters. The van der Waals surface area contributed by atoms with Gasteiger partial charge in [-0.15, -0.1) is 13.2 Å². The molecule has 0 aromatic carbocycles. The van der Waals surface area contributed by atoms with E-state index in [1.807, 2.05) is 6.92 Å². The van der Waals surface area contributed by atoms with Gasteiger partial charge in [-0.3, -0.25) is 0 Å². The van der Waals surface area contributed by atoms with E-state index in [9.17, 15) is 0 Å². The molecule has 0 radical (unpaired) electrons. The topological polar surface area (TPSA) is 36.9 Å². The average molecular weight is 444 g/mol. The minimum Gasteiger partial charge on any atom is -0.403 e. The number of hydrogen-bond acceptors (Lipinski definition) is 4. The molecule has 3 unspecified atom stereocenters. The molecule has 0 spiro atoms. The Morgan fingerprint density at radius 3 is 1.97 bits per heavy atom. The lowest BCUT2D eigenvalue weighted by Crippen LogP contribution is -2.50. The maximum absolute atomic E-state index is 6.83. The van der Waals surface area contributed by atoms with Crippen molar-refractivity contribution in [3.63, 3.8) is 0 Å². The molecule has 4 nitrogen and oxygen atoms in total. The highest BCUT2D eigenvalue weighted by Gasteiger charge is 2.62. The Hall–Kier alpha value is -0.550. The van der Waals surface area contributed by atoms with E-state index < -0.39 is 16.8 Å². The van der Waals surface area contributed by atoms with Crippen LogP contribution in [0.15, 0.2) is 24.8 Å². The normalized spacial score (nSPS) is 34.5. The number of hydrogen-bond donors (Lipinski definition) is 0. The van der Waals surface area contributed by atoms with E-state index in [0.29, 0.717) is 5.92 Å². The van der Waals surface area contributed by atoms with Crippen molar-refractivity contribution in [1.82, 2.24) is 0 Å². The van der Waals surface area contributed by atoms with Crippen molar-refractivity contribution >= 4 is 14.2 Å². The highest BCUT2D eigenvalue weighted by atomic mass is 16.7. The van der Waals surface area contributed by atoms with Crippen LogP contribution in [0.5, 0.6) is 0 Å². The van der Waals surface area contributed by atoms with Gasteiger partial charge in [-0.2, -0.15) is 0 Å². The monoisotopic (exact) mass is 444 g/mol. The molecule has 0 amide bonds. The maximum Gasteiger partial charge on any atom is 0.468 e. The van der Waals surface area contributed by atoms with Crippen LogP contribution in [0.4, 0.5) is 0 Å². The average Bonchev–Trinajstić information content (AvgIpc) is 3.08. The third-order valence-corrected chi connectivity index (χ3v) is 9.16. The summed E-state index contributed by atoms with van der Waals surface area (Å²) in [5.41, 5.74) is -0.549. The minimum atomic E-state index is -0.425. The van der Waals surface area contributed by atoms with E-state index >= 15 is 0 Å². The predicted molar refractivity (Wildman–Crippen MR) is 135 cm³/mol. The Balaban J connectivity index is 1.74. The lowest BCUT2D eigenvalue weighted by atomic mass is 9.50. The smallest absolute Gasteiger partial charge is 0.403 e. The van der Waals surface area contributed by atoms with E-state index in [0.717, 1.165) is 24.7 Å². The van der Waals surface area contributed by atoms with Crippen molar-refractivity contribution in [2.75, 3.05) is 0 Å². The zero-order valence-corrected chi connectivity index (χ0v) is 22.0. The molecule has 0 N–H and O–H groups in total. The summed E-state index contributed by atoms with van der Waals surface area (Å²) in [5.74, 6) is 0.558. The minimum absolute atomic E-state index is 0.182. The zero-order valence-electron chi connectivity index (χ0n) is 22.0. The molecule has 32 heavy (non-hydrogen) atoms. The second kappa shape index (κ2) is 8.91. The largest absolute Gasteiger partial charge is 0.468 e. The summed E-state index contributed by atoms with van der Waals surface area (Å²) in [7, 11) is -0.516. The second-order valence-corrected chi connectivity index (χ2v) is 12.3. The van der Waals surface area contributed by atoms with Crippen molar-refractivity contribution in [2.45, 2.75) is 134 Å². The van der Waals surface area contributed by atoms with Gasteiger partial charge in [0.05, 0.1) is 22.4 Å². The predicted octanol–water partition coefficient (Wildman–Crippen LogP) is 7.01. The van der Waals surface area contributed by atoms with Crippen molar-refractivity contribution in [3.8, 4) is 0 Å². The fourth-order valence-corrected chi connectivity index (χ4v) is 5.70. The standard InChI is InChI=1S/C26H46B2O4/c1-11-24(8,21-15-13-12-14-16-21)28-30-23(6,7)26(10,32-28)18-17-25(9)22(4,5)29-27(31-25)19-20(2)3/h11,21H,1-2,12-19H2,3-10H3. The number of allylic oxidation sites excluding steroid dienone is 2. The van der Waals surface area contributed by atoms with Crippen LogP contribution < -0.4 is 0 Å². The van der Waals surface area contributed by atoms with Crippen LogP contribution in [0, 0.1) is 5.92 Å². The molecule has 180 valence electrons. The van der Waals surface area contributed by atoms with Crippen molar-refractivity contribution < 1.29 is 18.6 Å². The van der Waals surface area contributed by atoms with Gasteiger partial charge in [-0.25, -0.2) is 0 Å². The molecular weight excluding hydrogens is 398 g/mol. The van der Waals surface area contributed by atoms with Crippen LogP contribution >= 0.6 is 0 Å². The van der Waals surface area contributed by atoms with Gasteiger partial charge in [-0.05, 0) is 67.2 Å². The van der Waals surface area contributed by atoms with Crippen LogP contribution in [0.1, 0.15) is 100 Å². The summed E-state index contributed by atoms with van der Waals surface area (Å²) in [6, 6.07) is 0. The van der Waals surface area contributed by atoms with Gasteiger partial charge in [-0.1, -0.05) is 50.7 Å². The van der Waals surface area contributed by atoms with E-state index in [2.05, 4.69) is 67.7 Å². The van der Waals surface area contributed by atoms with E-state index in [4.69, 9.17) is 18.6 Å². The van der Waals surface area contributed by atoms with Crippen LogP contribution in [0.25, 0.3) is 0 Å². The Morgan fingerprint density at radius 1 is 0.906 bits per heavy atom. The molecule has 2 aliphatic heterocycles. The summed E-state index contributed by atoms with van der Waals surface area (Å²) in [6.07, 6.45) is 10.8. The molecule has 2 saturated heterocycles. The van der Waals surface area contributed by atoms with Crippen molar-refractivity contribution in [1.29, 1.82) is 0 Å². The lowest BCUT2D eigenvalue weighted by Gasteiger charge is -2.42. The van der Waals surface area contributed by atoms with E-state index in [1.165, 1.54) is 32.1 Å². The van der Waals surface area contributed by atoms with Crippen molar-refractivity contribution in [3.05, 3.63) is 24.8 Å². The Morgan fingerprint density at radius 2 is 1.44 bits per heavy atom. The highest BCUT2D eigenvalue weighted by molar-refractivity contribution is 6.50. The molecule has 1 aliphatic carbocycles. The first-order valence-corrected chi connectivity index (χ1v) is 12.7. The third kappa shape index (κ3) is 4.67. The van der Waals surface area contributed by atoms with Crippen LogP contribution in [0.3, 0.4) is 0 Å². The first kappa shape index (κ1) is 26.1. The Labute approximate surface area is 198 Å². The molecule has 3 rings (SSSR count). The third-order valence-electron chi connectivity index (χ3n) is 9.16. The second-order valence-electron chi connectivity index (χ2n) is 12.3. The maximum atomic E-state index is 6.83. The summed E-state index contributed by atoms with van der Waals surface area (Å²) >= 11 is 0. The van der Waals surface area contributed by atoms with Gasteiger partial charge in [0.25, 0.3) is 0 Å². The summed E-state index contributed by atoms with van der Waals surface area (Å²) in [6.45, 7) is 25.5. The van der Waals surface area contributed by atoms with Gasteiger partial charge in [0, 0.05) is 11.6 Å². The van der Waals surface area contributed by atoms with Crippen LogP contribution in [-0.2, 0) is 18.6 Å². The molecule has 0 bridgehead atoms. The Bertz CT molecular complexity index is 717. The van der Waals surface area contributed by atoms with Gasteiger partial charge in [0.1, 0.15) is 0 Å². The molecule has 3 fully saturated rings. The number of rotatable bonds is 8. The zero-order chi connectivity index (χ0) is 24.0. The first-order chi connectivity index (χ1) is 14.7.